The molecule has 5 aromatic carbocycles. The minimum absolute atomic E-state index is 0.0549. The summed E-state index contributed by atoms with van der Waals surface area (Å²) in [6.07, 6.45) is 0.153. The van der Waals surface area contributed by atoms with E-state index in [9.17, 15) is 24.8 Å². The smallest absolute Gasteiger partial charge is 0.326 e. The number of carbonyl (C=O) groups excluding carboxylic acids is 2. The molecule has 0 aromatic heterocycles. The summed E-state index contributed by atoms with van der Waals surface area (Å²) in [4.78, 5) is 44.2. The van der Waals surface area contributed by atoms with Gasteiger partial charge in [0.1, 0.15) is 24.1 Å². The zero-order valence-corrected chi connectivity index (χ0v) is 32.8. The Labute approximate surface area is 341 Å². The van der Waals surface area contributed by atoms with Gasteiger partial charge in [0.2, 0.25) is 12.0 Å². The van der Waals surface area contributed by atoms with E-state index in [0.29, 0.717) is 56.9 Å². The van der Waals surface area contributed by atoms with Crippen molar-refractivity contribution < 1.29 is 29.0 Å². The second-order valence-corrected chi connectivity index (χ2v) is 15.0. The van der Waals surface area contributed by atoms with E-state index in [4.69, 9.17) is 32.7 Å². The minimum Gasteiger partial charge on any atom is -0.489 e. The molecule has 0 saturated carbocycles. The normalized spacial score (nSPS) is 17.3. The first-order chi connectivity index (χ1) is 27.5. The second kappa shape index (κ2) is 17.1. The molecule has 12 heteroatoms. The number of nitriles is 1. The van der Waals surface area contributed by atoms with E-state index in [2.05, 4.69) is 23.2 Å². The quantitative estimate of drug-likeness (QED) is 0.129. The molecule has 2 unspecified atom stereocenters. The van der Waals surface area contributed by atoms with E-state index in [-0.39, 0.29) is 31.4 Å². The molecule has 0 radical (unpaired) electrons. The first kappa shape index (κ1) is 39.4. The molecule has 4 atom stereocenters. The fourth-order valence-electron chi connectivity index (χ4n) is 7.52. The van der Waals surface area contributed by atoms with Crippen LogP contribution in [0.5, 0.6) is 11.5 Å². The number of amides is 2. The number of fused-ring (bicyclic) bond motifs is 2. The molecular formula is C45H40Cl2N4O6. The largest absolute Gasteiger partial charge is 0.489 e. The lowest BCUT2D eigenvalue weighted by atomic mass is 9.88. The maximum Gasteiger partial charge on any atom is 0.326 e. The molecule has 0 saturated heterocycles. The Morgan fingerprint density at radius 1 is 0.947 bits per heavy atom. The molecule has 0 bridgehead atoms. The molecule has 2 N–H and O–H groups in total. The summed E-state index contributed by atoms with van der Waals surface area (Å²) in [5.41, 5.74) is 6.13. The van der Waals surface area contributed by atoms with E-state index in [0.717, 1.165) is 22.3 Å². The lowest BCUT2D eigenvalue weighted by molar-refractivity contribution is -0.143. The number of halogens is 2. The standard InChI is InChI=1S/C45H40Cl2N4O6/c1-3-38(30-7-5-4-6-8-30)51-25-33-23-41-39(21-32(33)22-40(51)43(52)49-37(45(54)55)20-27-9-11-28(24-48)12-10-27)50(2)44(53)42(57-41)31-14-16-34(17-15-31)56-26-29-13-18-35(46)36(47)19-29/h4-19,21,23,37-38,40,42H,3,20,22,25-26H2,1-2H3,(H,49,52)(H,54,55)/t37?,38?,40-,42+/m0/s1. The third-order valence-corrected chi connectivity index (χ3v) is 11.3. The third-order valence-electron chi connectivity index (χ3n) is 10.6. The van der Waals surface area contributed by atoms with Crippen molar-refractivity contribution in [2.45, 2.75) is 63.6 Å². The Kier molecular flexibility index (Phi) is 11.8. The van der Waals surface area contributed by atoms with Crippen LogP contribution in [0.2, 0.25) is 10.0 Å². The lowest BCUT2D eigenvalue weighted by Crippen LogP contribution is -2.55. The highest BCUT2D eigenvalue weighted by molar-refractivity contribution is 6.42. The van der Waals surface area contributed by atoms with Crippen LogP contribution in [-0.4, -0.2) is 46.9 Å². The van der Waals surface area contributed by atoms with Crippen molar-refractivity contribution in [1.29, 1.82) is 5.26 Å². The number of hydrogen-bond acceptors (Lipinski definition) is 7. The first-order valence-corrected chi connectivity index (χ1v) is 19.4. The van der Waals surface area contributed by atoms with Gasteiger partial charge in [0.25, 0.3) is 5.91 Å². The Hall–Kier alpha value is -5.86. The highest BCUT2D eigenvalue weighted by atomic mass is 35.5. The Balaban J connectivity index is 1.14. The molecule has 0 spiro atoms. The minimum atomic E-state index is -1.19. The summed E-state index contributed by atoms with van der Waals surface area (Å²) in [5.74, 6) is -0.649. The number of ether oxygens (including phenoxy) is 2. The van der Waals surface area contributed by atoms with E-state index in [1.807, 2.05) is 60.7 Å². The number of rotatable bonds is 12. The van der Waals surface area contributed by atoms with Gasteiger partial charge in [-0.15, -0.1) is 0 Å². The highest BCUT2D eigenvalue weighted by Gasteiger charge is 2.40. The molecule has 2 heterocycles. The average Bonchev–Trinajstić information content (AvgIpc) is 3.22. The molecule has 2 aliphatic heterocycles. The van der Waals surface area contributed by atoms with Gasteiger partial charge in [-0.25, -0.2) is 4.79 Å². The van der Waals surface area contributed by atoms with Crippen molar-refractivity contribution in [1.82, 2.24) is 10.2 Å². The highest BCUT2D eigenvalue weighted by Crippen LogP contribution is 2.43. The van der Waals surface area contributed by atoms with Crippen molar-refractivity contribution in [2.75, 3.05) is 11.9 Å². The predicted octanol–water partition coefficient (Wildman–Crippen LogP) is 8.23. The van der Waals surface area contributed by atoms with E-state index in [1.165, 1.54) is 0 Å². The summed E-state index contributed by atoms with van der Waals surface area (Å²) >= 11 is 12.2. The lowest BCUT2D eigenvalue weighted by Gasteiger charge is -2.42. The summed E-state index contributed by atoms with van der Waals surface area (Å²) in [7, 11) is 1.71. The molecule has 0 aliphatic carbocycles. The van der Waals surface area contributed by atoms with Gasteiger partial charge in [-0.3, -0.25) is 14.5 Å². The Morgan fingerprint density at radius 2 is 1.67 bits per heavy atom. The van der Waals surface area contributed by atoms with E-state index in [1.54, 1.807) is 60.5 Å². The summed E-state index contributed by atoms with van der Waals surface area (Å²) in [5, 5.41) is 23.1. The predicted molar refractivity (Wildman–Crippen MR) is 217 cm³/mol. The molecule has 0 fully saturated rings. The molecule has 2 aliphatic rings. The van der Waals surface area contributed by atoms with Crippen molar-refractivity contribution in [3.63, 3.8) is 0 Å². The van der Waals surface area contributed by atoms with Crippen LogP contribution >= 0.6 is 23.2 Å². The number of carboxylic acid groups (broad SMARTS) is 1. The zero-order valence-electron chi connectivity index (χ0n) is 31.3. The number of aliphatic carboxylic acids is 1. The number of likely N-dealkylation sites (N-methyl/N-ethyl adjacent to an activating group) is 1. The number of benzene rings is 5. The molecule has 2 amide bonds. The summed E-state index contributed by atoms with van der Waals surface area (Å²) in [6, 6.07) is 33.0. The molecule has 290 valence electrons. The van der Waals surface area contributed by atoms with Crippen molar-refractivity contribution >= 4 is 46.7 Å². The van der Waals surface area contributed by atoms with Crippen LogP contribution < -0.4 is 19.7 Å². The van der Waals surface area contributed by atoms with Gasteiger partial charge in [0.05, 0.1) is 33.4 Å². The van der Waals surface area contributed by atoms with Crippen LogP contribution in [0.1, 0.15) is 64.4 Å². The van der Waals surface area contributed by atoms with Crippen LogP contribution in [0.3, 0.4) is 0 Å². The Morgan fingerprint density at radius 3 is 2.33 bits per heavy atom. The van der Waals surface area contributed by atoms with Crippen LogP contribution in [0.4, 0.5) is 5.69 Å². The van der Waals surface area contributed by atoms with Crippen LogP contribution in [0.25, 0.3) is 0 Å². The van der Waals surface area contributed by atoms with Gasteiger partial charge in [-0.05, 0) is 89.2 Å². The third kappa shape index (κ3) is 8.61. The van der Waals surface area contributed by atoms with Gasteiger partial charge in [-0.2, -0.15) is 5.26 Å². The number of hydrogen-bond donors (Lipinski definition) is 2. The maximum absolute atomic E-state index is 14.3. The number of nitrogens with zero attached hydrogens (tertiary/aromatic N) is 3. The molecule has 5 aromatic rings. The van der Waals surface area contributed by atoms with Crippen LogP contribution in [0, 0.1) is 11.3 Å². The monoisotopic (exact) mass is 802 g/mol. The topological polar surface area (TPSA) is 132 Å². The number of anilines is 1. The SMILES string of the molecule is CCC(c1ccccc1)N1Cc2cc3c(cc2C[C@H]1C(=O)NC(Cc1ccc(C#N)cc1)C(=O)O)N(C)C(=O)[C@@H](c1ccc(OCc2ccc(Cl)c(Cl)c2)cc1)O3. The average molecular weight is 804 g/mol. The zero-order chi connectivity index (χ0) is 40.2. The second-order valence-electron chi connectivity index (χ2n) is 14.2. The van der Waals surface area contributed by atoms with Crippen molar-refractivity contribution in [2.24, 2.45) is 0 Å². The van der Waals surface area contributed by atoms with Crippen molar-refractivity contribution in [3.05, 3.63) is 158 Å². The van der Waals surface area contributed by atoms with Crippen molar-refractivity contribution in [3.8, 4) is 17.6 Å². The van der Waals surface area contributed by atoms with E-state index >= 15 is 0 Å². The number of nitrogens with one attached hydrogen (secondary N) is 1. The fraction of sp³-hybridized carbons (Fsp3) is 0.244. The fourth-order valence-corrected chi connectivity index (χ4v) is 7.84. The first-order valence-electron chi connectivity index (χ1n) is 18.6. The molecule has 10 nitrogen and oxygen atoms in total. The maximum atomic E-state index is 14.3. The molecule has 57 heavy (non-hydrogen) atoms. The molecule has 7 rings (SSSR count). The van der Waals surface area contributed by atoms with Gasteiger partial charge >= 0.3 is 5.97 Å². The van der Waals surface area contributed by atoms with Gasteiger partial charge in [0, 0.05) is 31.6 Å². The molecular weight excluding hydrogens is 763 g/mol. The number of carbonyl (C=O) groups is 3. The van der Waals surface area contributed by atoms with Crippen LogP contribution in [0.15, 0.2) is 109 Å². The van der Waals surface area contributed by atoms with Gasteiger partial charge < -0.3 is 24.8 Å². The Bertz CT molecular complexity index is 2330. The summed E-state index contributed by atoms with van der Waals surface area (Å²) < 4.78 is 12.4. The van der Waals surface area contributed by atoms with E-state index < -0.39 is 30.1 Å². The van der Waals surface area contributed by atoms with Crippen LogP contribution in [-0.2, 0) is 40.4 Å². The number of carboxylic acids is 1. The summed E-state index contributed by atoms with van der Waals surface area (Å²) in [6.45, 7) is 2.74. The van der Waals surface area contributed by atoms with Gasteiger partial charge in [0.15, 0.2) is 0 Å². The van der Waals surface area contributed by atoms with Gasteiger partial charge in [-0.1, -0.05) is 90.8 Å².